The average molecular weight is 381 g/mol. The highest BCUT2D eigenvalue weighted by Crippen LogP contribution is 2.28. The molecule has 3 rings (SSSR count). The second-order valence-electron chi connectivity index (χ2n) is 5.92. The molecule has 0 aliphatic carbocycles. The van der Waals surface area contributed by atoms with Crippen LogP contribution >= 0.6 is 11.3 Å². The molecule has 0 aliphatic heterocycles. The molecule has 0 atom stereocenters. The van der Waals surface area contributed by atoms with E-state index >= 15 is 0 Å². The Morgan fingerprint density at radius 2 is 2.11 bits per heavy atom. The number of rotatable bonds is 6. The van der Waals surface area contributed by atoms with Crippen LogP contribution in [0.5, 0.6) is 0 Å². The van der Waals surface area contributed by atoms with Gasteiger partial charge in [-0.3, -0.25) is 14.2 Å². The van der Waals surface area contributed by atoms with Crippen molar-refractivity contribution < 1.29 is 9.53 Å². The quantitative estimate of drug-likeness (QED) is 0.667. The van der Waals surface area contributed by atoms with E-state index in [9.17, 15) is 9.59 Å². The van der Waals surface area contributed by atoms with Crippen LogP contribution in [0.4, 0.5) is 5.69 Å². The minimum Gasteiger partial charge on any atom is -0.384 e. The number of fused-ring (bicyclic) bond motifs is 1. The Hall–Kier alpha value is -2.95. The maximum absolute atomic E-state index is 13.0. The highest BCUT2D eigenvalue weighted by Gasteiger charge is 2.21. The first-order valence-electron chi connectivity index (χ1n) is 8.38. The van der Waals surface area contributed by atoms with Gasteiger partial charge >= 0.3 is 0 Å². The molecule has 2 aromatic heterocycles. The number of amides is 1. The summed E-state index contributed by atoms with van der Waals surface area (Å²) in [5.41, 5.74) is 1.08. The number of aromatic nitrogens is 2. The van der Waals surface area contributed by atoms with E-state index in [4.69, 9.17) is 11.2 Å². The summed E-state index contributed by atoms with van der Waals surface area (Å²) in [5.74, 6) is 2.79. The molecule has 0 unspecified atom stereocenters. The average Bonchev–Trinajstić information content (AvgIpc) is 3.00. The minimum absolute atomic E-state index is 0.127. The summed E-state index contributed by atoms with van der Waals surface area (Å²) in [4.78, 5) is 31.3. The lowest BCUT2D eigenvalue weighted by molar-refractivity contribution is 0.103. The molecule has 138 valence electrons. The van der Waals surface area contributed by atoms with Crippen molar-refractivity contribution in [3.8, 4) is 12.3 Å². The SMILES string of the molecule is C#CCn1c(CCOC)nc2sc(C(=O)Nc3ccccc3)c(C)c2c1=O. The number of nitrogens with one attached hydrogen (secondary N) is 1. The molecule has 0 aliphatic rings. The zero-order chi connectivity index (χ0) is 19.4. The Morgan fingerprint density at radius 3 is 2.78 bits per heavy atom. The lowest BCUT2D eigenvalue weighted by Crippen LogP contribution is -2.25. The predicted molar refractivity (Wildman–Crippen MR) is 107 cm³/mol. The fourth-order valence-electron chi connectivity index (χ4n) is 2.82. The molecule has 1 amide bonds. The summed E-state index contributed by atoms with van der Waals surface area (Å²) in [6.07, 6.45) is 5.88. The lowest BCUT2D eigenvalue weighted by Gasteiger charge is -2.09. The van der Waals surface area contributed by atoms with Crippen molar-refractivity contribution in [2.24, 2.45) is 0 Å². The number of carbonyl (C=O) groups excluding carboxylic acids is 1. The van der Waals surface area contributed by atoms with Crippen LogP contribution in [0.15, 0.2) is 35.1 Å². The Balaban J connectivity index is 2.08. The van der Waals surface area contributed by atoms with Gasteiger partial charge in [0.05, 0.1) is 23.4 Å². The van der Waals surface area contributed by atoms with Crippen LogP contribution in [-0.2, 0) is 17.7 Å². The van der Waals surface area contributed by atoms with Crippen molar-refractivity contribution >= 4 is 33.1 Å². The second-order valence-corrected chi connectivity index (χ2v) is 6.92. The minimum atomic E-state index is -0.261. The molecule has 27 heavy (non-hydrogen) atoms. The fraction of sp³-hybridized carbons (Fsp3) is 0.250. The number of terminal acetylenes is 1. The molecule has 0 spiro atoms. The van der Waals surface area contributed by atoms with Gasteiger partial charge in [0.2, 0.25) is 0 Å². The molecule has 0 radical (unpaired) electrons. The number of aryl methyl sites for hydroxylation is 1. The number of para-hydroxylation sites is 1. The summed E-state index contributed by atoms with van der Waals surface area (Å²) in [6.45, 7) is 2.31. The highest BCUT2D eigenvalue weighted by atomic mass is 32.1. The van der Waals surface area contributed by atoms with Crippen LogP contribution in [0.2, 0.25) is 0 Å². The largest absolute Gasteiger partial charge is 0.384 e. The summed E-state index contributed by atoms with van der Waals surface area (Å²) < 4.78 is 6.57. The molecule has 1 N–H and O–H groups in total. The van der Waals surface area contributed by atoms with E-state index in [1.54, 1.807) is 14.0 Å². The van der Waals surface area contributed by atoms with E-state index < -0.39 is 0 Å². The fourth-order valence-corrected chi connectivity index (χ4v) is 3.91. The van der Waals surface area contributed by atoms with E-state index in [1.807, 2.05) is 30.3 Å². The molecule has 2 heterocycles. The lowest BCUT2D eigenvalue weighted by atomic mass is 10.2. The van der Waals surface area contributed by atoms with Crippen LogP contribution in [0.25, 0.3) is 10.2 Å². The third-order valence-corrected chi connectivity index (χ3v) is 5.33. The Kier molecular flexibility index (Phi) is 5.69. The predicted octanol–water partition coefficient (Wildman–Crippen LogP) is 2.84. The summed E-state index contributed by atoms with van der Waals surface area (Å²) in [5, 5.41) is 3.29. The number of carbonyl (C=O) groups is 1. The Morgan fingerprint density at radius 1 is 1.37 bits per heavy atom. The van der Waals surface area contributed by atoms with Crippen molar-refractivity contribution in [1.29, 1.82) is 0 Å². The van der Waals surface area contributed by atoms with Crippen molar-refractivity contribution in [3.63, 3.8) is 0 Å². The van der Waals surface area contributed by atoms with Gasteiger partial charge in [0.1, 0.15) is 10.7 Å². The van der Waals surface area contributed by atoms with E-state index in [1.165, 1.54) is 15.9 Å². The van der Waals surface area contributed by atoms with E-state index in [-0.39, 0.29) is 18.0 Å². The first kappa shape index (κ1) is 18.8. The highest BCUT2D eigenvalue weighted by molar-refractivity contribution is 7.20. The molecule has 0 saturated carbocycles. The number of hydrogen-bond acceptors (Lipinski definition) is 5. The first-order valence-corrected chi connectivity index (χ1v) is 9.20. The first-order chi connectivity index (χ1) is 13.1. The number of benzene rings is 1. The third-order valence-electron chi connectivity index (χ3n) is 4.15. The van der Waals surface area contributed by atoms with Crippen LogP contribution in [0.3, 0.4) is 0 Å². The summed E-state index contributed by atoms with van der Waals surface area (Å²) in [7, 11) is 1.59. The molecule has 0 bridgehead atoms. The second kappa shape index (κ2) is 8.16. The van der Waals surface area contributed by atoms with Crippen molar-refractivity contribution in [3.05, 3.63) is 57.0 Å². The van der Waals surface area contributed by atoms with Gasteiger partial charge in [0.15, 0.2) is 0 Å². The van der Waals surface area contributed by atoms with E-state index in [2.05, 4.69) is 16.2 Å². The Labute approximate surface area is 160 Å². The molecule has 0 saturated heterocycles. The molecule has 7 heteroatoms. The number of ether oxygens (including phenoxy) is 1. The van der Waals surface area contributed by atoms with Crippen molar-refractivity contribution in [1.82, 2.24) is 9.55 Å². The number of anilines is 1. The van der Waals surface area contributed by atoms with Crippen LogP contribution < -0.4 is 10.9 Å². The number of hydrogen-bond donors (Lipinski definition) is 1. The third kappa shape index (κ3) is 3.77. The molecular weight excluding hydrogens is 362 g/mol. The maximum atomic E-state index is 13.0. The van der Waals surface area contributed by atoms with Gasteiger partial charge in [-0.05, 0) is 24.6 Å². The van der Waals surface area contributed by atoms with Gasteiger partial charge in [0, 0.05) is 19.2 Å². The van der Waals surface area contributed by atoms with Gasteiger partial charge in [-0.15, -0.1) is 17.8 Å². The van der Waals surface area contributed by atoms with E-state index in [0.29, 0.717) is 45.2 Å². The zero-order valence-electron chi connectivity index (χ0n) is 15.1. The van der Waals surface area contributed by atoms with Gasteiger partial charge in [-0.25, -0.2) is 4.98 Å². The maximum Gasteiger partial charge on any atom is 0.266 e. The summed E-state index contributed by atoms with van der Waals surface area (Å²) in [6, 6.07) is 9.17. The standard InChI is InChI=1S/C20H19N3O3S/c1-4-11-23-15(10-12-26-3)22-19-16(20(23)25)13(2)17(27-19)18(24)21-14-8-6-5-7-9-14/h1,5-9H,10-12H2,2-3H3,(H,21,24). The number of nitrogens with zero attached hydrogens (tertiary/aromatic N) is 2. The van der Waals surface area contributed by atoms with E-state index in [0.717, 1.165) is 0 Å². The van der Waals surface area contributed by atoms with Gasteiger partial charge in [-0.2, -0.15) is 0 Å². The van der Waals surface area contributed by atoms with Crippen molar-refractivity contribution in [2.45, 2.75) is 19.9 Å². The van der Waals surface area contributed by atoms with Gasteiger partial charge < -0.3 is 10.1 Å². The number of methoxy groups -OCH3 is 1. The molecule has 0 fully saturated rings. The van der Waals surface area contributed by atoms with Gasteiger partial charge in [0.25, 0.3) is 11.5 Å². The van der Waals surface area contributed by atoms with Crippen LogP contribution in [0, 0.1) is 19.3 Å². The topological polar surface area (TPSA) is 73.2 Å². The molecule has 6 nitrogen and oxygen atoms in total. The summed E-state index contributed by atoms with van der Waals surface area (Å²) >= 11 is 1.21. The molecular formula is C20H19N3O3S. The normalized spacial score (nSPS) is 10.7. The monoisotopic (exact) mass is 381 g/mol. The Bertz CT molecular complexity index is 1080. The zero-order valence-corrected chi connectivity index (χ0v) is 15.9. The smallest absolute Gasteiger partial charge is 0.266 e. The van der Waals surface area contributed by atoms with Crippen molar-refractivity contribution in [2.75, 3.05) is 19.0 Å². The molecule has 1 aromatic carbocycles. The number of thiophene rings is 1. The van der Waals surface area contributed by atoms with Crippen LogP contribution in [0.1, 0.15) is 21.1 Å². The van der Waals surface area contributed by atoms with Gasteiger partial charge in [-0.1, -0.05) is 24.1 Å². The molecule has 3 aromatic rings. The van der Waals surface area contributed by atoms with Crippen LogP contribution in [-0.4, -0.2) is 29.2 Å².